The molecule has 1 aliphatic rings. The Hall–Kier alpha value is -1.30. The van der Waals surface area contributed by atoms with Gasteiger partial charge in [0.25, 0.3) is 0 Å². The van der Waals surface area contributed by atoms with Gasteiger partial charge in [-0.05, 0) is 46.8 Å². The fraction of sp³-hybridized carbons (Fsp3) is 0.846. The third kappa shape index (κ3) is 4.70. The van der Waals surface area contributed by atoms with Crippen LogP contribution in [-0.4, -0.2) is 66.7 Å². The van der Waals surface area contributed by atoms with E-state index in [9.17, 15) is 9.59 Å². The van der Waals surface area contributed by atoms with Crippen molar-refractivity contribution in [1.82, 2.24) is 15.1 Å². The predicted molar refractivity (Wildman–Crippen MR) is 73.1 cm³/mol. The topological polar surface area (TPSA) is 72.9 Å². The predicted octanol–water partition coefficient (Wildman–Crippen LogP) is 0.833. The third-order valence-electron chi connectivity index (χ3n) is 3.64. The molecule has 2 atom stereocenters. The molecule has 19 heavy (non-hydrogen) atoms. The normalized spacial score (nSPS) is 22.8. The second-order valence-corrected chi connectivity index (χ2v) is 5.41. The summed E-state index contributed by atoms with van der Waals surface area (Å²) < 4.78 is 0. The van der Waals surface area contributed by atoms with Gasteiger partial charge in [0.15, 0.2) is 0 Å². The van der Waals surface area contributed by atoms with Gasteiger partial charge in [-0.3, -0.25) is 4.79 Å². The highest BCUT2D eigenvalue weighted by Gasteiger charge is 2.37. The van der Waals surface area contributed by atoms with Crippen LogP contribution in [0.1, 0.15) is 26.2 Å². The Bertz CT molecular complexity index is 320. The number of aliphatic carboxylic acids is 1. The lowest BCUT2D eigenvalue weighted by Crippen LogP contribution is -2.44. The highest BCUT2D eigenvalue weighted by atomic mass is 16.4. The fourth-order valence-electron chi connectivity index (χ4n) is 2.41. The molecule has 0 aliphatic carbocycles. The smallest absolute Gasteiger partial charge is 0.317 e. The Morgan fingerprint density at radius 1 is 1.37 bits per heavy atom. The van der Waals surface area contributed by atoms with Crippen molar-refractivity contribution in [3.63, 3.8) is 0 Å². The number of nitrogens with zero attached hydrogens (tertiary/aromatic N) is 2. The van der Waals surface area contributed by atoms with Gasteiger partial charge in [-0.15, -0.1) is 0 Å². The Morgan fingerprint density at radius 2 is 2.05 bits per heavy atom. The van der Waals surface area contributed by atoms with Crippen molar-refractivity contribution in [2.24, 2.45) is 5.92 Å². The first-order chi connectivity index (χ1) is 8.93. The van der Waals surface area contributed by atoms with E-state index in [2.05, 4.69) is 10.2 Å². The molecule has 2 amide bonds. The van der Waals surface area contributed by atoms with Crippen LogP contribution in [0.5, 0.6) is 0 Å². The number of hydrogen-bond acceptors (Lipinski definition) is 3. The van der Waals surface area contributed by atoms with Crippen LogP contribution in [0, 0.1) is 5.92 Å². The summed E-state index contributed by atoms with van der Waals surface area (Å²) in [5.74, 6) is -1.24. The molecule has 0 radical (unpaired) electrons. The summed E-state index contributed by atoms with van der Waals surface area (Å²) in [5, 5.41) is 11.9. The molecule has 1 fully saturated rings. The molecule has 2 unspecified atom stereocenters. The summed E-state index contributed by atoms with van der Waals surface area (Å²) >= 11 is 0. The molecule has 0 aromatic carbocycles. The van der Waals surface area contributed by atoms with E-state index in [-0.39, 0.29) is 12.1 Å². The summed E-state index contributed by atoms with van der Waals surface area (Å²) in [6, 6.07) is -0.361. The average Bonchev–Trinajstić information content (AvgIpc) is 2.70. The molecule has 0 aromatic heterocycles. The van der Waals surface area contributed by atoms with E-state index in [1.807, 2.05) is 14.1 Å². The summed E-state index contributed by atoms with van der Waals surface area (Å²) in [6.07, 6.45) is 2.53. The molecule has 1 heterocycles. The van der Waals surface area contributed by atoms with E-state index in [0.717, 1.165) is 19.4 Å². The first-order valence-electron chi connectivity index (χ1n) is 6.85. The van der Waals surface area contributed by atoms with Gasteiger partial charge in [-0.25, -0.2) is 4.79 Å². The van der Waals surface area contributed by atoms with Crippen molar-refractivity contribution in [3.05, 3.63) is 0 Å². The van der Waals surface area contributed by atoms with Crippen molar-refractivity contribution >= 4 is 12.0 Å². The zero-order valence-corrected chi connectivity index (χ0v) is 12.1. The summed E-state index contributed by atoms with van der Waals surface area (Å²) in [4.78, 5) is 26.7. The van der Waals surface area contributed by atoms with Crippen LogP contribution in [0.25, 0.3) is 0 Å². The zero-order chi connectivity index (χ0) is 14.4. The SMILES string of the molecule is CC1C(C(=O)O)CCN1C(=O)NCCCCN(C)C. The van der Waals surface area contributed by atoms with Gasteiger partial charge in [0, 0.05) is 19.1 Å². The van der Waals surface area contributed by atoms with Crippen LogP contribution in [0.4, 0.5) is 4.79 Å². The number of carbonyl (C=O) groups is 2. The Morgan fingerprint density at radius 3 is 2.58 bits per heavy atom. The first kappa shape index (κ1) is 15.8. The number of carboxylic acid groups (broad SMARTS) is 1. The van der Waals surface area contributed by atoms with Crippen molar-refractivity contribution in [2.45, 2.75) is 32.2 Å². The second kappa shape index (κ2) is 7.33. The van der Waals surface area contributed by atoms with Crippen LogP contribution in [0.2, 0.25) is 0 Å². The molecule has 6 nitrogen and oxygen atoms in total. The fourth-order valence-corrected chi connectivity index (χ4v) is 2.41. The van der Waals surface area contributed by atoms with Gasteiger partial charge in [-0.2, -0.15) is 0 Å². The quantitative estimate of drug-likeness (QED) is 0.702. The van der Waals surface area contributed by atoms with Crippen LogP contribution in [-0.2, 0) is 4.79 Å². The molecule has 1 saturated heterocycles. The Kier molecular flexibility index (Phi) is 6.08. The van der Waals surface area contributed by atoms with Crippen LogP contribution < -0.4 is 5.32 Å². The Labute approximate surface area is 114 Å². The van der Waals surface area contributed by atoms with Crippen molar-refractivity contribution in [2.75, 3.05) is 33.7 Å². The van der Waals surface area contributed by atoms with Gasteiger partial charge in [-0.1, -0.05) is 0 Å². The van der Waals surface area contributed by atoms with Gasteiger partial charge < -0.3 is 20.2 Å². The molecule has 110 valence electrons. The number of carboxylic acids is 1. The molecule has 2 N–H and O–H groups in total. The largest absolute Gasteiger partial charge is 0.481 e. The standard InChI is InChI=1S/C13H25N3O3/c1-10-11(12(17)18)6-9-16(10)13(19)14-7-4-5-8-15(2)3/h10-11H,4-9H2,1-3H3,(H,14,19)(H,17,18). The first-order valence-corrected chi connectivity index (χ1v) is 6.85. The van der Waals surface area contributed by atoms with E-state index in [1.165, 1.54) is 0 Å². The molecular weight excluding hydrogens is 246 g/mol. The van der Waals surface area contributed by atoms with Gasteiger partial charge >= 0.3 is 12.0 Å². The third-order valence-corrected chi connectivity index (χ3v) is 3.64. The highest BCUT2D eigenvalue weighted by Crippen LogP contribution is 2.24. The number of amides is 2. The lowest BCUT2D eigenvalue weighted by Gasteiger charge is -2.23. The minimum absolute atomic E-state index is 0.138. The maximum Gasteiger partial charge on any atom is 0.317 e. The highest BCUT2D eigenvalue weighted by molar-refractivity contribution is 5.78. The molecule has 1 rings (SSSR count). The zero-order valence-electron chi connectivity index (χ0n) is 12.1. The van der Waals surface area contributed by atoms with Gasteiger partial charge in [0.2, 0.25) is 0 Å². The van der Waals surface area contributed by atoms with E-state index in [1.54, 1.807) is 11.8 Å². The summed E-state index contributed by atoms with van der Waals surface area (Å²) in [7, 11) is 4.05. The monoisotopic (exact) mass is 271 g/mol. The minimum atomic E-state index is -0.811. The number of unbranched alkanes of at least 4 members (excludes halogenated alkanes) is 1. The van der Waals surface area contributed by atoms with Crippen LogP contribution in [0.15, 0.2) is 0 Å². The van der Waals surface area contributed by atoms with Crippen LogP contribution in [0.3, 0.4) is 0 Å². The number of nitrogens with one attached hydrogen (secondary N) is 1. The van der Waals surface area contributed by atoms with Crippen molar-refractivity contribution in [1.29, 1.82) is 0 Å². The van der Waals surface area contributed by atoms with E-state index in [4.69, 9.17) is 5.11 Å². The lowest BCUT2D eigenvalue weighted by molar-refractivity contribution is -0.142. The minimum Gasteiger partial charge on any atom is -0.481 e. The van der Waals surface area contributed by atoms with Gasteiger partial charge in [0.05, 0.1) is 5.92 Å². The average molecular weight is 271 g/mol. The van der Waals surface area contributed by atoms with E-state index < -0.39 is 11.9 Å². The van der Waals surface area contributed by atoms with Crippen LogP contribution >= 0.6 is 0 Å². The summed E-state index contributed by atoms with van der Waals surface area (Å²) in [6.45, 7) is 3.99. The number of carbonyl (C=O) groups excluding carboxylic acids is 1. The number of hydrogen-bond donors (Lipinski definition) is 2. The van der Waals surface area contributed by atoms with Crippen molar-refractivity contribution < 1.29 is 14.7 Å². The maximum absolute atomic E-state index is 11.9. The maximum atomic E-state index is 11.9. The molecule has 0 saturated carbocycles. The molecule has 1 aliphatic heterocycles. The number of urea groups is 1. The molecule has 0 spiro atoms. The second-order valence-electron chi connectivity index (χ2n) is 5.41. The van der Waals surface area contributed by atoms with E-state index in [0.29, 0.717) is 19.5 Å². The molecule has 0 bridgehead atoms. The lowest BCUT2D eigenvalue weighted by atomic mass is 10.0. The van der Waals surface area contributed by atoms with E-state index >= 15 is 0 Å². The van der Waals surface area contributed by atoms with Crippen molar-refractivity contribution in [3.8, 4) is 0 Å². The number of rotatable bonds is 6. The Balaban J connectivity index is 2.25. The van der Waals surface area contributed by atoms with Gasteiger partial charge in [0.1, 0.15) is 0 Å². The molecular formula is C13H25N3O3. The molecule has 0 aromatic rings. The summed E-state index contributed by atoms with van der Waals surface area (Å²) in [5.41, 5.74) is 0. The molecule has 6 heteroatoms. The number of likely N-dealkylation sites (tertiary alicyclic amines) is 1.